The van der Waals surface area contributed by atoms with E-state index in [1.165, 1.54) is 20.6 Å². The Morgan fingerprint density at radius 2 is 1.19 bits per heavy atom. The predicted molar refractivity (Wildman–Crippen MR) is 76.1 cm³/mol. The molecule has 0 N–H and O–H groups in total. The van der Waals surface area contributed by atoms with Crippen molar-refractivity contribution in [3.63, 3.8) is 0 Å². The van der Waals surface area contributed by atoms with Crippen LogP contribution in [-0.4, -0.2) is 0 Å². The molecule has 2 heteroatoms. The molecule has 2 rings (SSSR count). The molecule has 0 aliphatic heterocycles. The Balaban J connectivity index is 2.65. The van der Waals surface area contributed by atoms with Gasteiger partial charge >= 0.3 is 0 Å². The van der Waals surface area contributed by atoms with Crippen molar-refractivity contribution in [1.29, 1.82) is 0 Å². The van der Waals surface area contributed by atoms with Crippen LogP contribution >= 0.6 is 23.5 Å². The highest BCUT2D eigenvalue weighted by Gasteiger charge is 2.03. The lowest BCUT2D eigenvalue weighted by Gasteiger charge is -2.07. The fourth-order valence-electron chi connectivity index (χ4n) is 1.64. The van der Waals surface area contributed by atoms with E-state index in [-0.39, 0.29) is 0 Å². The van der Waals surface area contributed by atoms with E-state index >= 15 is 0 Å². The van der Waals surface area contributed by atoms with Gasteiger partial charge in [0, 0.05) is 9.79 Å². The Hall–Kier alpha value is -1.12. The Kier molecular flexibility index (Phi) is 3.75. The molecule has 0 nitrogen and oxygen atoms in total. The summed E-state index contributed by atoms with van der Waals surface area (Å²) in [6.45, 7) is 7.53. The first-order valence-corrected chi connectivity index (χ1v) is 6.69. The molecular weight excluding hydrogens is 232 g/mol. The maximum absolute atomic E-state index is 3.76. The van der Waals surface area contributed by atoms with Crippen molar-refractivity contribution in [2.75, 3.05) is 0 Å². The minimum absolute atomic E-state index is 1.25. The topological polar surface area (TPSA) is 0 Å². The number of benzene rings is 2. The van der Waals surface area contributed by atoms with Crippen LogP contribution in [-0.2, 0) is 0 Å². The lowest BCUT2D eigenvalue weighted by molar-refractivity contribution is 1.48. The minimum atomic E-state index is 1.25. The van der Waals surface area contributed by atoms with Gasteiger partial charge in [-0.1, -0.05) is 60.9 Å². The van der Waals surface area contributed by atoms with Gasteiger partial charge < -0.3 is 0 Å². The molecule has 16 heavy (non-hydrogen) atoms. The van der Waals surface area contributed by atoms with Gasteiger partial charge in [0.2, 0.25) is 0 Å². The summed E-state index contributed by atoms with van der Waals surface area (Å²) in [6, 6.07) is 12.7. The van der Waals surface area contributed by atoms with Crippen LogP contribution in [0.3, 0.4) is 0 Å². The normalized spacial score (nSPS) is 10.2. The summed E-state index contributed by atoms with van der Waals surface area (Å²) in [5.74, 6) is 0. The minimum Gasteiger partial charge on any atom is -0.0980 e. The first-order valence-electron chi connectivity index (χ1n) is 4.93. The summed E-state index contributed by atoms with van der Waals surface area (Å²) >= 11 is 3.32. The summed E-state index contributed by atoms with van der Waals surface area (Å²) in [4.78, 5) is 2.50. The molecule has 0 aliphatic carbocycles. The van der Waals surface area contributed by atoms with E-state index in [0.29, 0.717) is 0 Å². The summed E-state index contributed by atoms with van der Waals surface area (Å²) in [6.07, 6.45) is 0. The molecule has 0 fully saturated rings. The lowest BCUT2D eigenvalue weighted by Crippen LogP contribution is -1.79. The number of hydrogen-bond donors (Lipinski definition) is 0. The van der Waals surface area contributed by atoms with Gasteiger partial charge in [-0.3, -0.25) is 0 Å². The van der Waals surface area contributed by atoms with E-state index in [0.717, 1.165) is 0 Å². The third-order valence-electron chi connectivity index (χ3n) is 2.26. The Morgan fingerprint density at radius 3 is 1.56 bits per heavy atom. The molecule has 0 saturated heterocycles. The first kappa shape index (κ1) is 11.4. The number of thioether (sulfide) groups is 2. The molecule has 2 aromatic carbocycles. The zero-order chi connectivity index (χ0) is 11.4. The van der Waals surface area contributed by atoms with E-state index < -0.39 is 0 Å². The van der Waals surface area contributed by atoms with Crippen molar-refractivity contribution in [1.82, 2.24) is 0 Å². The maximum Gasteiger partial charge on any atom is 0.0194 e. The highest BCUT2D eigenvalue weighted by atomic mass is 32.2. The van der Waals surface area contributed by atoms with Crippen molar-refractivity contribution < 1.29 is 0 Å². The molecule has 0 bridgehead atoms. The van der Waals surface area contributed by atoms with Crippen LogP contribution in [0, 0.1) is 0 Å². The van der Waals surface area contributed by atoms with E-state index in [4.69, 9.17) is 0 Å². The molecule has 0 aliphatic rings. The van der Waals surface area contributed by atoms with E-state index in [1.807, 2.05) is 10.8 Å². The van der Waals surface area contributed by atoms with Crippen LogP contribution in [0.5, 0.6) is 0 Å². The van der Waals surface area contributed by atoms with Gasteiger partial charge in [-0.15, -0.1) is 0 Å². The Bertz CT molecular complexity index is 480. The fraction of sp³-hybridized carbons (Fsp3) is 0. The summed E-state index contributed by atoms with van der Waals surface area (Å²) < 4.78 is 0. The van der Waals surface area contributed by atoms with Crippen LogP contribution in [0.25, 0.3) is 10.8 Å². The van der Waals surface area contributed by atoms with Crippen LogP contribution < -0.4 is 0 Å². The van der Waals surface area contributed by atoms with Crippen molar-refractivity contribution in [2.45, 2.75) is 9.79 Å². The fourth-order valence-corrected chi connectivity index (χ4v) is 2.92. The molecule has 0 aromatic heterocycles. The third kappa shape index (κ3) is 2.18. The molecule has 0 radical (unpaired) electrons. The van der Waals surface area contributed by atoms with Gasteiger partial charge in [-0.05, 0) is 33.7 Å². The molecule has 0 heterocycles. The zero-order valence-electron chi connectivity index (χ0n) is 8.85. The van der Waals surface area contributed by atoms with Crippen molar-refractivity contribution in [3.05, 3.63) is 60.4 Å². The molecule has 0 spiro atoms. The van der Waals surface area contributed by atoms with Gasteiger partial charge in [0.25, 0.3) is 0 Å². The quantitative estimate of drug-likeness (QED) is 0.668. The van der Waals surface area contributed by atoms with Crippen LogP contribution in [0.15, 0.2) is 70.2 Å². The summed E-state index contributed by atoms with van der Waals surface area (Å²) in [7, 11) is 0. The Labute approximate surface area is 104 Å². The highest BCUT2D eigenvalue weighted by Crippen LogP contribution is 2.34. The second-order valence-electron chi connectivity index (χ2n) is 3.18. The SMILES string of the molecule is C=CSc1cccc2c(SC=C)cccc12. The molecule has 0 amide bonds. The van der Waals surface area contributed by atoms with E-state index in [1.54, 1.807) is 23.5 Å². The summed E-state index contributed by atoms with van der Waals surface area (Å²) in [5.41, 5.74) is 0. The van der Waals surface area contributed by atoms with Gasteiger partial charge in [-0.25, -0.2) is 0 Å². The van der Waals surface area contributed by atoms with Gasteiger partial charge in [0.1, 0.15) is 0 Å². The smallest absolute Gasteiger partial charge is 0.0194 e. The summed E-state index contributed by atoms with van der Waals surface area (Å²) in [5, 5.41) is 6.28. The predicted octanol–water partition coefficient (Wildman–Crippen LogP) is 5.31. The number of hydrogen-bond acceptors (Lipinski definition) is 2. The van der Waals surface area contributed by atoms with Crippen LogP contribution in [0.2, 0.25) is 0 Å². The Morgan fingerprint density at radius 1 is 0.750 bits per heavy atom. The molecule has 0 saturated carbocycles. The number of fused-ring (bicyclic) bond motifs is 1. The molecule has 80 valence electrons. The molecule has 2 aromatic rings. The zero-order valence-corrected chi connectivity index (χ0v) is 10.5. The maximum atomic E-state index is 3.76. The van der Waals surface area contributed by atoms with E-state index in [2.05, 4.69) is 49.6 Å². The van der Waals surface area contributed by atoms with Crippen LogP contribution in [0.1, 0.15) is 0 Å². The van der Waals surface area contributed by atoms with Crippen molar-refractivity contribution in [3.8, 4) is 0 Å². The van der Waals surface area contributed by atoms with Crippen molar-refractivity contribution >= 4 is 34.3 Å². The molecular formula is C14H12S2. The standard InChI is InChI=1S/C14H12S2/c1-3-15-13-9-5-8-12-11(13)7-6-10-14(12)16-4-2/h3-10H,1-2H2. The molecule has 0 atom stereocenters. The lowest BCUT2D eigenvalue weighted by atomic mass is 10.1. The van der Waals surface area contributed by atoms with Gasteiger partial charge in [0.15, 0.2) is 0 Å². The highest BCUT2D eigenvalue weighted by molar-refractivity contribution is 8.02. The van der Waals surface area contributed by atoms with Gasteiger partial charge in [0.05, 0.1) is 0 Å². The average Bonchev–Trinajstić information content (AvgIpc) is 2.31. The second kappa shape index (κ2) is 5.28. The van der Waals surface area contributed by atoms with Crippen LogP contribution in [0.4, 0.5) is 0 Å². The van der Waals surface area contributed by atoms with Gasteiger partial charge in [-0.2, -0.15) is 0 Å². The van der Waals surface area contributed by atoms with E-state index in [9.17, 15) is 0 Å². The number of rotatable bonds is 4. The third-order valence-corrected chi connectivity index (χ3v) is 3.82. The first-order chi connectivity index (χ1) is 7.86. The largest absolute Gasteiger partial charge is 0.0980 e. The average molecular weight is 244 g/mol. The monoisotopic (exact) mass is 244 g/mol. The van der Waals surface area contributed by atoms with Crippen molar-refractivity contribution in [2.24, 2.45) is 0 Å². The molecule has 0 unspecified atom stereocenters. The second-order valence-corrected chi connectivity index (χ2v) is 5.19.